The zero-order valence-corrected chi connectivity index (χ0v) is 6.83. The Morgan fingerprint density at radius 3 is 2.82 bits per heavy atom. The lowest BCUT2D eigenvalue weighted by Gasteiger charge is -2.33. The summed E-state index contributed by atoms with van der Waals surface area (Å²) in [4.78, 5) is 4.12. The van der Waals surface area contributed by atoms with Crippen LogP contribution in [0.4, 0.5) is 0 Å². The summed E-state index contributed by atoms with van der Waals surface area (Å²) in [7, 11) is 0. The van der Waals surface area contributed by atoms with Crippen LogP contribution >= 0.6 is 0 Å². The van der Waals surface area contributed by atoms with Gasteiger partial charge in [-0.05, 0) is 36.3 Å². The lowest BCUT2D eigenvalue weighted by Crippen LogP contribution is -2.20. The molecule has 1 fully saturated rings. The molecule has 1 heterocycles. The second-order valence-electron chi connectivity index (χ2n) is 3.45. The highest BCUT2D eigenvalue weighted by Gasteiger charge is 2.27. The van der Waals surface area contributed by atoms with Gasteiger partial charge < -0.3 is 0 Å². The number of rotatable bonds is 1. The van der Waals surface area contributed by atoms with E-state index < -0.39 is 0 Å². The van der Waals surface area contributed by atoms with Crippen molar-refractivity contribution in [3.05, 3.63) is 30.1 Å². The van der Waals surface area contributed by atoms with Crippen LogP contribution in [0.5, 0.6) is 0 Å². The van der Waals surface area contributed by atoms with Crippen molar-refractivity contribution in [3.63, 3.8) is 0 Å². The molecule has 2 rings (SSSR count). The van der Waals surface area contributed by atoms with Crippen LogP contribution in [-0.4, -0.2) is 4.98 Å². The van der Waals surface area contributed by atoms with Crippen molar-refractivity contribution >= 4 is 0 Å². The Kier molecular flexibility index (Phi) is 1.65. The molecule has 1 saturated carbocycles. The molecule has 2 atom stereocenters. The monoisotopic (exact) mass is 147 g/mol. The Bertz CT molecular complexity index is 230. The Morgan fingerprint density at radius 2 is 2.36 bits per heavy atom. The van der Waals surface area contributed by atoms with E-state index in [4.69, 9.17) is 0 Å². The van der Waals surface area contributed by atoms with Crippen molar-refractivity contribution in [1.29, 1.82) is 0 Å². The average Bonchev–Trinajstić information content (AvgIpc) is 2.04. The topological polar surface area (TPSA) is 12.9 Å². The number of hydrogen-bond acceptors (Lipinski definition) is 1. The maximum absolute atomic E-state index is 4.12. The molecule has 0 aromatic carbocycles. The van der Waals surface area contributed by atoms with Crippen LogP contribution in [0.1, 0.15) is 31.2 Å². The molecule has 58 valence electrons. The summed E-state index contributed by atoms with van der Waals surface area (Å²) in [6.45, 7) is 2.32. The van der Waals surface area contributed by atoms with Crippen molar-refractivity contribution in [3.8, 4) is 0 Å². The number of aromatic nitrogens is 1. The van der Waals surface area contributed by atoms with Crippen LogP contribution in [0.25, 0.3) is 0 Å². The molecule has 1 nitrogen and oxygen atoms in total. The van der Waals surface area contributed by atoms with E-state index in [2.05, 4.69) is 18.0 Å². The van der Waals surface area contributed by atoms with Gasteiger partial charge in [-0.3, -0.25) is 4.98 Å². The standard InChI is InChI=1S/C10H13N/c1-8-4-5-10(8)9-3-2-6-11-7-9/h2-3,6-8,10H,4-5H2,1H3/t8?,10-/m1/s1. The third-order valence-corrected chi connectivity index (χ3v) is 2.73. The smallest absolute Gasteiger partial charge is 0.0302 e. The van der Waals surface area contributed by atoms with Gasteiger partial charge in [-0.1, -0.05) is 13.0 Å². The predicted octanol–water partition coefficient (Wildman–Crippen LogP) is 2.60. The summed E-state index contributed by atoms with van der Waals surface area (Å²) < 4.78 is 0. The fraction of sp³-hybridized carbons (Fsp3) is 0.500. The lowest BCUT2D eigenvalue weighted by molar-refractivity contribution is 0.280. The molecule has 0 radical (unpaired) electrons. The highest BCUT2D eigenvalue weighted by atomic mass is 14.6. The van der Waals surface area contributed by atoms with Gasteiger partial charge in [-0.15, -0.1) is 0 Å². The van der Waals surface area contributed by atoms with Crippen molar-refractivity contribution in [2.24, 2.45) is 5.92 Å². The Balaban J connectivity index is 2.17. The molecule has 1 aliphatic rings. The Labute approximate surface area is 67.5 Å². The molecule has 1 aliphatic carbocycles. The average molecular weight is 147 g/mol. The van der Waals surface area contributed by atoms with E-state index in [1.165, 1.54) is 18.4 Å². The molecule has 1 unspecified atom stereocenters. The normalized spacial score (nSPS) is 29.5. The van der Waals surface area contributed by atoms with Crippen molar-refractivity contribution in [2.45, 2.75) is 25.7 Å². The van der Waals surface area contributed by atoms with E-state index in [0.717, 1.165) is 11.8 Å². The maximum Gasteiger partial charge on any atom is 0.0302 e. The van der Waals surface area contributed by atoms with Gasteiger partial charge in [0.15, 0.2) is 0 Å². The Hall–Kier alpha value is -0.850. The van der Waals surface area contributed by atoms with Crippen molar-refractivity contribution in [2.75, 3.05) is 0 Å². The molecule has 11 heavy (non-hydrogen) atoms. The fourth-order valence-electron chi connectivity index (χ4n) is 1.76. The second kappa shape index (κ2) is 2.65. The summed E-state index contributed by atoms with van der Waals surface area (Å²) in [5.74, 6) is 1.67. The summed E-state index contributed by atoms with van der Waals surface area (Å²) in [5, 5.41) is 0. The lowest BCUT2D eigenvalue weighted by atomic mass is 9.72. The minimum Gasteiger partial charge on any atom is -0.264 e. The first-order valence-corrected chi connectivity index (χ1v) is 4.28. The van der Waals surface area contributed by atoms with Gasteiger partial charge in [0.2, 0.25) is 0 Å². The molecular formula is C10H13N. The highest BCUT2D eigenvalue weighted by Crippen LogP contribution is 2.41. The van der Waals surface area contributed by atoms with Gasteiger partial charge >= 0.3 is 0 Å². The molecular weight excluding hydrogens is 134 g/mol. The van der Waals surface area contributed by atoms with E-state index in [9.17, 15) is 0 Å². The fourth-order valence-corrected chi connectivity index (χ4v) is 1.76. The van der Waals surface area contributed by atoms with E-state index in [1.54, 1.807) is 0 Å². The van der Waals surface area contributed by atoms with Gasteiger partial charge in [0.1, 0.15) is 0 Å². The molecule has 0 aliphatic heterocycles. The number of pyridine rings is 1. The van der Waals surface area contributed by atoms with Crippen molar-refractivity contribution < 1.29 is 0 Å². The summed E-state index contributed by atoms with van der Waals surface area (Å²) >= 11 is 0. The molecule has 1 heteroatoms. The van der Waals surface area contributed by atoms with Crippen LogP contribution in [0.2, 0.25) is 0 Å². The molecule has 0 N–H and O–H groups in total. The SMILES string of the molecule is CC1CC[C@H]1c1cccnc1. The number of nitrogens with zero attached hydrogens (tertiary/aromatic N) is 1. The molecule has 0 spiro atoms. The minimum atomic E-state index is 0.795. The van der Waals surface area contributed by atoms with Gasteiger partial charge in [-0.2, -0.15) is 0 Å². The first kappa shape index (κ1) is 6.84. The Morgan fingerprint density at radius 1 is 1.45 bits per heavy atom. The van der Waals surface area contributed by atoms with Crippen LogP contribution < -0.4 is 0 Å². The van der Waals surface area contributed by atoms with E-state index in [1.807, 2.05) is 18.5 Å². The van der Waals surface area contributed by atoms with Gasteiger partial charge in [0.05, 0.1) is 0 Å². The van der Waals surface area contributed by atoms with E-state index in [-0.39, 0.29) is 0 Å². The zero-order chi connectivity index (χ0) is 7.68. The number of hydrogen-bond donors (Lipinski definition) is 0. The molecule has 0 saturated heterocycles. The summed E-state index contributed by atoms with van der Waals surface area (Å²) in [6.07, 6.45) is 6.58. The first-order valence-electron chi connectivity index (χ1n) is 4.28. The molecule has 1 aromatic rings. The van der Waals surface area contributed by atoms with E-state index >= 15 is 0 Å². The molecule has 1 aromatic heterocycles. The molecule has 0 bridgehead atoms. The van der Waals surface area contributed by atoms with Crippen molar-refractivity contribution in [1.82, 2.24) is 4.98 Å². The first-order chi connectivity index (χ1) is 5.38. The minimum absolute atomic E-state index is 0.795. The summed E-state index contributed by atoms with van der Waals surface area (Å²) in [6, 6.07) is 4.22. The van der Waals surface area contributed by atoms with Crippen LogP contribution in [0.15, 0.2) is 24.5 Å². The maximum atomic E-state index is 4.12. The van der Waals surface area contributed by atoms with Crippen LogP contribution in [0.3, 0.4) is 0 Å². The molecule has 0 amide bonds. The largest absolute Gasteiger partial charge is 0.264 e. The van der Waals surface area contributed by atoms with Crippen LogP contribution in [0, 0.1) is 5.92 Å². The third kappa shape index (κ3) is 1.15. The quantitative estimate of drug-likeness (QED) is 0.595. The van der Waals surface area contributed by atoms with E-state index in [0.29, 0.717) is 0 Å². The van der Waals surface area contributed by atoms with Crippen LogP contribution in [-0.2, 0) is 0 Å². The zero-order valence-electron chi connectivity index (χ0n) is 6.83. The summed E-state index contributed by atoms with van der Waals surface area (Å²) in [5.41, 5.74) is 1.42. The van der Waals surface area contributed by atoms with Gasteiger partial charge in [0.25, 0.3) is 0 Å². The predicted molar refractivity (Wildman–Crippen MR) is 45.4 cm³/mol. The third-order valence-electron chi connectivity index (χ3n) is 2.73. The van der Waals surface area contributed by atoms with Gasteiger partial charge in [-0.25, -0.2) is 0 Å². The second-order valence-corrected chi connectivity index (χ2v) is 3.45. The van der Waals surface area contributed by atoms with Gasteiger partial charge in [0, 0.05) is 12.4 Å². The highest BCUT2D eigenvalue weighted by molar-refractivity contribution is 5.18.